The minimum Gasteiger partial charge on any atom is -0.389 e. The second-order valence-electron chi connectivity index (χ2n) is 3.40. The quantitative estimate of drug-likeness (QED) is 0.655. The van der Waals surface area contributed by atoms with E-state index in [1.807, 2.05) is 0 Å². The Morgan fingerprint density at radius 2 is 1.82 bits per heavy atom. The lowest BCUT2D eigenvalue weighted by Crippen LogP contribution is -2.23. The van der Waals surface area contributed by atoms with Crippen molar-refractivity contribution < 1.29 is 27.8 Å². The number of aliphatic hydroxyl groups is 2. The maximum absolute atomic E-state index is 12.9. The Labute approximate surface area is 99.4 Å². The van der Waals surface area contributed by atoms with Crippen LogP contribution in [0.4, 0.5) is 17.6 Å². The summed E-state index contributed by atoms with van der Waals surface area (Å²) in [5.74, 6) is -1.40. The molecular formula is C10H9ClF4O2. The predicted molar refractivity (Wildman–Crippen MR) is 53.1 cm³/mol. The molecule has 1 aromatic rings. The van der Waals surface area contributed by atoms with Gasteiger partial charge >= 0.3 is 6.18 Å². The Morgan fingerprint density at radius 1 is 1.24 bits per heavy atom. The summed E-state index contributed by atoms with van der Waals surface area (Å²) in [7, 11) is 0. The number of hydrogen-bond acceptors (Lipinski definition) is 2. The largest absolute Gasteiger partial charge is 0.416 e. The van der Waals surface area contributed by atoms with Crippen molar-refractivity contribution in [2.75, 3.05) is 5.88 Å². The maximum atomic E-state index is 12.9. The Morgan fingerprint density at radius 3 is 2.29 bits per heavy atom. The van der Waals surface area contributed by atoms with E-state index in [9.17, 15) is 27.8 Å². The van der Waals surface area contributed by atoms with Gasteiger partial charge in [0.1, 0.15) is 11.9 Å². The van der Waals surface area contributed by atoms with Gasteiger partial charge in [-0.3, -0.25) is 0 Å². The highest BCUT2D eigenvalue weighted by Gasteiger charge is 2.36. The zero-order valence-electron chi connectivity index (χ0n) is 8.38. The zero-order chi connectivity index (χ0) is 13.2. The summed E-state index contributed by atoms with van der Waals surface area (Å²) in [6.45, 7) is 0. The van der Waals surface area contributed by atoms with Crippen molar-refractivity contribution in [3.63, 3.8) is 0 Å². The molecule has 0 spiro atoms. The molecule has 0 aromatic heterocycles. The molecule has 2 N–H and O–H groups in total. The van der Waals surface area contributed by atoms with E-state index in [0.29, 0.717) is 18.2 Å². The zero-order valence-corrected chi connectivity index (χ0v) is 9.13. The fourth-order valence-corrected chi connectivity index (χ4v) is 1.50. The molecule has 0 saturated carbocycles. The minimum atomic E-state index is -4.74. The Balaban J connectivity index is 3.25. The van der Waals surface area contributed by atoms with Crippen LogP contribution in [0.3, 0.4) is 0 Å². The van der Waals surface area contributed by atoms with Crippen LogP contribution in [0.5, 0.6) is 0 Å². The summed E-state index contributed by atoms with van der Waals surface area (Å²) in [6, 6.07) is 1.67. The van der Waals surface area contributed by atoms with E-state index >= 15 is 0 Å². The highest BCUT2D eigenvalue weighted by Crippen LogP contribution is 2.35. The van der Waals surface area contributed by atoms with Crippen molar-refractivity contribution in [3.8, 4) is 0 Å². The first-order valence-corrected chi connectivity index (χ1v) is 5.09. The Hall–Kier alpha value is -0.850. The molecule has 0 aliphatic carbocycles. The standard InChI is InChI=1S/C10H9ClF4O2/c11-4-8(16)9(17)6-3-5(12)1-2-7(6)10(13,14)15/h1-3,8-9,16-17H,4H2. The van der Waals surface area contributed by atoms with E-state index < -0.39 is 41.2 Å². The normalized spacial score (nSPS) is 15.7. The van der Waals surface area contributed by atoms with Gasteiger partial charge in [0.2, 0.25) is 0 Å². The third-order valence-corrected chi connectivity index (χ3v) is 2.48. The van der Waals surface area contributed by atoms with Crippen LogP contribution < -0.4 is 0 Å². The molecule has 0 bridgehead atoms. The number of hydrogen-bond donors (Lipinski definition) is 2. The first-order chi connectivity index (χ1) is 7.77. The maximum Gasteiger partial charge on any atom is 0.416 e. The monoisotopic (exact) mass is 272 g/mol. The molecule has 0 radical (unpaired) electrons. The molecule has 96 valence electrons. The first kappa shape index (κ1) is 14.2. The third-order valence-electron chi connectivity index (χ3n) is 2.16. The van der Waals surface area contributed by atoms with Gasteiger partial charge in [-0.25, -0.2) is 4.39 Å². The highest BCUT2D eigenvalue weighted by atomic mass is 35.5. The van der Waals surface area contributed by atoms with E-state index in [1.165, 1.54) is 0 Å². The number of benzene rings is 1. The molecule has 2 atom stereocenters. The number of rotatable bonds is 3. The van der Waals surface area contributed by atoms with Crippen molar-refractivity contribution >= 4 is 11.6 Å². The number of alkyl halides is 4. The van der Waals surface area contributed by atoms with Crippen molar-refractivity contribution in [1.29, 1.82) is 0 Å². The van der Waals surface area contributed by atoms with E-state index in [-0.39, 0.29) is 0 Å². The average Bonchev–Trinajstić information content (AvgIpc) is 2.25. The number of aliphatic hydroxyl groups excluding tert-OH is 2. The van der Waals surface area contributed by atoms with E-state index in [0.717, 1.165) is 0 Å². The fourth-order valence-electron chi connectivity index (χ4n) is 1.33. The van der Waals surface area contributed by atoms with Crippen LogP contribution in [0.25, 0.3) is 0 Å². The summed E-state index contributed by atoms with van der Waals surface area (Å²) in [4.78, 5) is 0. The van der Waals surface area contributed by atoms with Crippen LogP contribution in [0, 0.1) is 5.82 Å². The molecule has 17 heavy (non-hydrogen) atoms. The summed E-state index contributed by atoms with van der Waals surface area (Å²) in [5, 5.41) is 18.6. The molecule has 0 fully saturated rings. The van der Waals surface area contributed by atoms with Gasteiger partial charge in [0.05, 0.1) is 17.5 Å². The summed E-state index contributed by atoms with van der Waals surface area (Å²) in [6.07, 6.45) is -8.23. The third kappa shape index (κ3) is 3.31. The molecule has 0 heterocycles. The number of halogens is 5. The van der Waals surface area contributed by atoms with Gasteiger partial charge in [-0.1, -0.05) is 0 Å². The Bertz CT molecular complexity index is 394. The van der Waals surface area contributed by atoms with Crippen LogP contribution in [0.15, 0.2) is 18.2 Å². The summed E-state index contributed by atoms with van der Waals surface area (Å²) >= 11 is 5.22. The van der Waals surface area contributed by atoms with Crippen LogP contribution >= 0.6 is 11.6 Å². The molecule has 0 aliphatic heterocycles. The van der Waals surface area contributed by atoms with Crippen LogP contribution in [-0.2, 0) is 6.18 Å². The molecule has 2 nitrogen and oxygen atoms in total. The lowest BCUT2D eigenvalue weighted by molar-refractivity contribution is -0.139. The van der Waals surface area contributed by atoms with E-state index in [2.05, 4.69) is 0 Å². The van der Waals surface area contributed by atoms with Crippen molar-refractivity contribution in [1.82, 2.24) is 0 Å². The molecule has 0 saturated heterocycles. The highest BCUT2D eigenvalue weighted by molar-refractivity contribution is 6.18. The molecule has 0 aliphatic rings. The topological polar surface area (TPSA) is 40.5 Å². The summed E-state index contributed by atoms with van der Waals surface area (Å²) in [5.41, 5.74) is -1.93. The second kappa shape index (κ2) is 5.20. The predicted octanol–water partition coefficient (Wildman–Crippen LogP) is 2.48. The molecule has 1 rings (SSSR count). The summed E-state index contributed by atoms with van der Waals surface area (Å²) < 4.78 is 50.5. The van der Waals surface area contributed by atoms with Gasteiger partial charge in [-0.2, -0.15) is 13.2 Å². The fraction of sp³-hybridized carbons (Fsp3) is 0.400. The van der Waals surface area contributed by atoms with E-state index in [1.54, 1.807) is 0 Å². The van der Waals surface area contributed by atoms with Gasteiger partial charge in [0.25, 0.3) is 0 Å². The molecule has 2 unspecified atom stereocenters. The first-order valence-electron chi connectivity index (χ1n) is 4.56. The smallest absolute Gasteiger partial charge is 0.389 e. The van der Waals surface area contributed by atoms with Crippen LogP contribution in [0.1, 0.15) is 17.2 Å². The second-order valence-corrected chi connectivity index (χ2v) is 3.70. The lowest BCUT2D eigenvalue weighted by Gasteiger charge is -2.20. The minimum absolute atomic E-state index is 0.463. The van der Waals surface area contributed by atoms with Gasteiger partial charge in [-0.15, -0.1) is 11.6 Å². The van der Waals surface area contributed by atoms with Gasteiger partial charge in [0, 0.05) is 0 Å². The van der Waals surface area contributed by atoms with Crippen LogP contribution in [-0.4, -0.2) is 22.2 Å². The molecule has 7 heteroatoms. The van der Waals surface area contributed by atoms with Crippen molar-refractivity contribution in [2.24, 2.45) is 0 Å². The Kier molecular flexibility index (Phi) is 4.35. The lowest BCUT2D eigenvalue weighted by atomic mass is 9.98. The molecular weight excluding hydrogens is 264 g/mol. The molecule has 1 aromatic carbocycles. The average molecular weight is 273 g/mol. The van der Waals surface area contributed by atoms with Gasteiger partial charge in [0.15, 0.2) is 0 Å². The van der Waals surface area contributed by atoms with E-state index in [4.69, 9.17) is 11.6 Å². The molecule has 0 amide bonds. The van der Waals surface area contributed by atoms with Crippen molar-refractivity contribution in [3.05, 3.63) is 35.1 Å². The van der Waals surface area contributed by atoms with Gasteiger partial charge in [-0.05, 0) is 23.8 Å². The van der Waals surface area contributed by atoms with Gasteiger partial charge < -0.3 is 10.2 Å². The van der Waals surface area contributed by atoms with Crippen LogP contribution in [0.2, 0.25) is 0 Å². The SMILES string of the molecule is OC(CCl)C(O)c1cc(F)ccc1C(F)(F)F. The van der Waals surface area contributed by atoms with Crippen molar-refractivity contribution in [2.45, 2.75) is 18.4 Å².